The Kier molecular flexibility index (Phi) is 5.93. The molecule has 0 radical (unpaired) electrons. The highest BCUT2D eigenvalue weighted by molar-refractivity contribution is 9.10. The minimum atomic E-state index is -0.550. The van der Waals surface area contributed by atoms with Crippen LogP contribution in [0.3, 0.4) is 0 Å². The number of anilines is 2. The molecule has 2 amide bonds. The molecule has 1 fully saturated rings. The van der Waals surface area contributed by atoms with Crippen LogP contribution in [-0.2, 0) is 4.79 Å². The van der Waals surface area contributed by atoms with E-state index in [0.29, 0.717) is 5.69 Å². The van der Waals surface area contributed by atoms with Crippen molar-refractivity contribution in [3.63, 3.8) is 0 Å². The molecule has 1 aliphatic carbocycles. The van der Waals surface area contributed by atoms with Gasteiger partial charge in [-0.15, -0.1) is 0 Å². The standard InChI is InChI=1S/C19H19BrN4O4/c1-23(11-18(25)22-15-5-3-2-4-14(15)20)16-9-6-12(10-17(16)24(27)28)19(26)21-13-7-8-13/h2-6,9-10,13H,7-8,11H2,1H3,(H,21,26)(H,22,25). The highest BCUT2D eigenvalue weighted by atomic mass is 79.9. The van der Waals surface area contributed by atoms with Gasteiger partial charge in [0.2, 0.25) is 5.91 Å². The molecule has 0 bridgehead atoms. The first-order valence-electron chi connectivity index (χ1n) is 8.70. The van der Waals surface area contributed by atoms with Gasteiger partial charge in [0.05, 0.1) is 17.2 Å². The van der Waals surface area contributed by atoms with E-state index in [4.69, 9.17) is 0 Å². The lowest BCUT2D eigenvalue weighted by atomic mass is 10.1. The Labute approximate surface area is 170 Å². The number of halogens is 1. The molecule has 0 spiro atoms. The zero-order valence-electron chi connectivity index (χ0n) is 15.1. The van der Waals surface area contributed by atoms with Gasteiger partial charge in [0.1, 0.15) is 5.69 Å². The van der Waals surface area contributed by atoms with Gasteiger partial charge in [-0.1, -0.05) is 12.1 Å². The molecule has 146 valence electrons. The summed E-state index contributed by atoms with van der Waals surface area (Å²) in [7, 11) is 1.59. The van der Waals surface area contributed by atoms with Crippen molar-refractivity contribution < 1.29 is 14.5 Å². The van der Waals surface area contributed by atoms with Crippen molar-refractivity contribution in [2.75, 3.05) is 23.8 Å². The third-order valence-corrected chi connectivity index (χ3v) is 4.98. The van der Waals surface area contributed by atoms with E-state index >= 15 is 0 Å². The Morgan fingerprint density at radius 3 is 2.61 bits per heavy atom. The number of carbonyl (C=O) groups is 2. The molecule has 0 atom stereocenters. The summed E-state index contributed by atoms with van der Waals surface area (Å²) in [5, 5.41) is 17.1. The lowest BCUT2D eigenvalue weighted by molar-refractivity contribution is -0.384. The molecule has 8 nitrogen and oxygen atoms in total. The van der Waals surface area contributed by atoms with Gasteiger partial charge < -0.3 is 15.5 Å². The molecule has 0 aliphatic heterocycles. The minimum Gasteiger partial charge on any atom is -0.360 e. The van der Waals surface area contributed by atoms with Crippen LogP contribution >= 0.6 is 15.9 Å². The molecule has 2 N–H and O–H groups in total. The van der Waals surface area contributed by atoms with Crippen molar-refractivity contribution in [2.45, 2.75) is 18.9 Å². The highest BCUT2D eigenvalue weighted by Crippen LogP contribution is 2.29. The van der Waals surface area contributed by atoms with Crippen LogP contribution < -0.4 is 15.5 Å². The fourth-order valence-corrected chi connectivity index (χ4v) is 3.07. The summed E-state index contributed by atoms with van der Waals surface area (Å²) in [5.41, 5.74) is 0.880. The van der Waals surface area contributed by atoms with Gasteiger partial charge >= 0.3 is 0 Å². The van der Waals surface area contributed by atoms with E-state index in [1.54, 1.807) is 25.2 Å². The molecule has 0 heterocycles. The van der Waals surface area contributed by atoms with Gasteiger partial charge in [0.15, 0.2) is 0 Å². The first-order valence-corrected chi connectivity index (χ1v) is 9.49. The van der Waals surface area contributed by atoms with Crippen molar-refractivity contribution in [1.29, 1.82) is 0 Å². The molecule has 1 saturated carbocycles. The third kappa shape index (κ3) is 4.86. The van der Waals surface area contributed by atoms with Crippen LogP contribution in [0.15, 0.2) is 46.9 Å². The molecule has 0 aromatic heterocycles. The number of hydrogen-bond donors (Lipinski definition) is 2. The van der Waals surface area contributed by atoms with Gasteiger partial charge in [-0.05, 0) is 53.0 Å². The normalized spacial score (nSPS) is 12.9. The van der Waals surface area contributed by atoms with Crippen molar-refractivity contribution in [3.05, 3.63) is 62.6 Å². The van der Waals surface area contributed by atoms with Crippen LogP contribution in [0.5, 0.6) is 0 Å². The third-order valence-electron chi connectivity index (χ3n) is 4.29. The van der Waals surface area contributed by atoms with Crippen LogP contribution in [0.1, 0.15) is 23.2 Å². The van der Waals surface area contributed by atoms with Gasteiger partial charge in [0, 0.05) is 29.2 Å². The van der Waals surface area contributed by atoms with Gasteiger partial charge in [-0.2, -0.15) is 0 Å². The Hall–Kier alpha value is -2.94. The number of benzene rings is 2. The van der Waals surface area contributed by atoms with Gasteiger partial charge in [-0.3, -0.25) is 19.7 Å². The monoisotopic (exact) mass is 446 g/mol. The Balaban J connectivity index is 1.73. The van der Waals surface area contributed by atoms with E-state index in [1.807, 2.05) is 6.07 Å². The topological polar surface area (TPSA) is 105 Å². The van der Waals surface area contributed by atoms with Crippen LogP contribution in [-0.4, -0.2) is 36.4 Å². The summed E-state index contributed by atoms with van der Waals surface area (Å²) >= 11 is 3.35. The zero-order valence-corrected chi connectivity index (χ0v) is 16.7. The average Bonchev–Trinajstić information content (AvgIpc) is 3.47. The van der Waals surface area contributed by atoms with Crippen LogP contribution in [0.2, 0.25) is 0 Å². The number of carbonyl (C=O) groups excluding carboxylic acids is 2. The number of amides is 2. The molecule has 0 unspecified atom stereocenters. The summed E-state index contributed by atoms with van der Waals surface area (Å²) in [6.07, 6.45) is 1.86. The van der Waals surface area contributed by atoms with Gasteiger partial charge in [0.25, 0.3) is 11.6 Å². The Morgan fingerprint density at radius 1 is 1.25 bits per heavy atom. The number of nitrogens with one attached hydrogen (secondary N) is 2. The number of nitro groups is 1. The number of rotatable bonds is 7. The molecular formula is C19H19BrN4O4. The molecule has 9 heteroatoms. The number of para-hydroxylation sites is 1. The Bertz CT molecular complexity index is 930. The lowest BCUT2D eigenvalue weighted by Crippen LogP contribution is -2.31. The molecule has 28 heavy (non-hydrogen) atoms. The molecule has 2 aromatic rings. The number of nitro benzene ring substituents is 1. The van der Waals surface area contributed by atoms with E-state index in [1.165, 1.54) is 23.1 Å². The molecule has 1 aliphatic rings. The summed E-state index contributed by atoms with van der Waals surface area (Å²) < 4.78 is 0.739. The second-order valence-electron chi connectivity index (χ2n) is 6.59. The second kappa shape index (κ2) is 8.39. The van der Waals surface area contributed by atoms with Crippen molar-refractivity contribution >= 4 is 44.8 Å². The number of hydrogen-bond acceptors (Lipinski definition) is 5. The SMILES string of the molecule is CN(CC(=O)Nc1ccccc1Br)c1ccc(C(=O)NC2CC2)cc1[N+](=O)[O-]. The summed E-state index contributed by atoms with van der Waals surface area (Å²) in [4.78, 5) is 36.9. The maximum absolute atomic E-state index is 12.3. The lowest BCUT2D eigenvalue weighted by Gasteiger charge is -2.19. The largest absolute Gasteiger partial charge is 0.360 e. The predicted octanol–water partition coefficient (Wildman–Crippen LogP) is 3.32. The van der Waals surface area contributed by atoms with E-state index in [9.17, 15) is 19.7 Å². The second-order valence-corrected chi connectivity index (χ2v) is 7.45. The highest BCUT2D eigenvalue weighted by Gasteiger charge is 2.26. The molecule has 2 aromatic carbocycles. The van der Waals surface area contributed by atoms with E-state index in [0.717, 1.165) is 17.3 Å². The summed E-state index contributed by atoms with van der Waals surface area (Å²) in [6, 6.07) is 11.6. The number of nitrogens with zero attached hydrogens (tertiary/aromatic N) is 2. The number of likely N-dealkylation sites (N-methyl/N-ethyl adjacent to an activating group) is 1. The molecular weight excluding hydrogens is 428 g/mol. The van der Waals surface area contributed by atoms with Crippen LogP contribution in [0.25, 0.3) is 0 Å². The maximum Gasteiger partial charge on any atom is 0.293 e. The summed E-state index contributed by atoms with van der Waals surface area (Å²) in [6.45, 7) is -0.0875. The minimum absolute atomic E-state index is 0.0875. The van der Waals surface area contributed by atoms with Crippen LogP contribution in [0, 0.1) is 10.1 Å². The van der Waals surface area contributed by atoms with E-state index < -0.39 is 4.92 Å². The zero-order chi connectivity index (χ0) is 20.3. The predicted molar refractivity (Wildman–Crippen MR) is 110 cm³/mol. The van der Waals surface area contributed by atoms with Crippen molar-refractivity contribution in [1.82, 2.24) is 5.32 Å². The van der Waals surface area contributed by atoms with E-state index in [2.05, 4.69) is 26.6 Å². The first-order chi connectivity index (χ1) is 13.3. The fourth-order valence-electron chi connectivity index (χ4n) is 2.68. The first kappa shape index (κ1) is 19.8. The summed E-state index contributed by atoms with van der Waals surface area (Å²) in [5.74, 6) is -0.647. The van der Waals surface area contributed by atoms with Crippen molar-refractivity contribution in [2.24, 2.45) is 0 Å². The van der Waals surface area contributed by atoms with Crippen LogP contribution in [0.4, 0.5) is 17.1 Å². The smallest absolute Gasteiger partial charge is 0.293 e. The van der Waals surface area contributed by atoms with E-state index in [-0.39, 0.29) is 41.3 Å². The van der Waals surface area contributed by atoms with Crippen molar-refractivity contribution in [3.8, 4) is 0 Å². The maximum atomic E-state index is 12.3. The quantitative estimate of drug-likeness (QED) is 0.501. The molecule has 3 rings (SSSR count). The fraction of sp³-hybridized carbons (Fsp3) is 0.263. The molecule has 0 saturated heterocycles. The Morgan fingerprint density at radius 2 is 1.96 bits per heavy atom. The van der Waals surface area contributed by atoms with Gasteiger partial charge in [-0.25, -0.2) is 0 Å². The average molecular weight is 447 g/mol.